The first-order chi connectivity index (χ1) is 18.4. The lowest BCUT2D eigenvalue weighted by molar-refractivity contribution is -0.126. The summed E-state index contributed by atoms with van der Waals surface area (Å²) in [5.74, 6) is 1.07. The van der Waals surface area contributed by atoms with Crippen LogP contribution in [0, 0.1) is 0 Å². The second-order valence-electron chi connectivity index (χ2n) is 10.5. The van der Waals surface area contributed by atoms with Crippen molar-refractivity contribution in [3.8, 4) is 11.4 Å². The third-order valence-electron chi connectivity index (χ3n) is 8.00. The van der Waals surface area contributed by atoms with Gasteiger partial charge in [0, 0.05) is 55.6 Å². The Hall–Kier alpha value is -3.39. The number of halogens is 1. The van der Waals surface area contributed by atoms with Gasteiger partial charge in [0.1, 0.15) is 5.75 Å². The van der Waals surface area contributed by atoms with Gasteiger partial charge >= 0.3 is 0 Å². The Labute approximate surface area is 231 Å². The standard InChI is InChI=1S/C30H31BrN4O3/c1-4-27(36)33-14-11-24-28-25(35(32-24)20-7-5-19(6-8-20)18(2)3)12-15-34(26(28)17-33)30(37)22-9-10-23(31)29-21(22)13-16-38-29/h4-10,18,26H,1,11-17H2,2-3H3. The highest BCUT2D eigenvalue weighted by atomic mass is 79.9. The Morgan fingerprint density at radius 1 is 1.11 bits per heavy atom. The van der Waals surface area contributed by atoms with Gasteiger partial charge in [-0.05, 0) is 57.8 Å². The average Bonchev–Trinajstić information content (AvgIpc) is 3.52. The van der Waals surface area contributed by atoms with Gasteiger partial charge in [0.15, 0.2) is 0 Å². The van der Waals surface area contributed by atoms with Crippen molar-refractivity contribution in [2.75, 3.05) is 26.2 Å². The topological polar surface area (TPSA) is 67.7 Å². The SMILES string of the molecule is C=CC(=O)N1CCc2nn(-c3ccc(C(C)C)cc3)c3c2C(C1)N(C(=O)c1ccc(Br)c2c1CCO2)CC3. The summed E-state index contributed by atoms with van der Waals surface area (Å²) in [5.41, 5.74) is 7.11. The second kappa shape index (κ2) is 9.73. The molecule has 0 N–H and O–H groups in total. The van der Waals surface area contributed by atoms with Crippen LogP contribution in [0.1, 0.15) is 64.2 Å². The molecule has 196 valence electrons. The number of fused-ring (bicyclic) bond motifs is 1. The molecule has 6 rings (SSSR count). The predicted molar refractivity (Wildman–Crippen MR) is 149 cm³/mol. The van der Waals surface area contributed by atoms with Crippen molar-refractivity contribution in [1.82, 2.24) is 19.6 Å². The van der Waals surface area contributed by atoms with Gasteiger partial charge in [-0.25, -0.2) is 4.68 Å². The van der Waals surface area contributed by atoms with Gasteiger partial charge in [0.2, 0.25) is 5.91 Å². The summed E-state index contributed by atoms with van der Waals surface area (Å²) >= 11 is 3.56. The maximum absolute atomic E-state index is 14.1. The van der Waals surface area contributed by atoms with Gasteiger partial charge in [-0.1, -0.05) is 32.6 Å². The minimum absolute atomic E-state index is 0.0252. The van der Waals surface area contributed by atoms with E-state index >= 15 is 0 Å². The number of nitrogens with zero attached hydrogens (tertiary/aromatic N) is 4. The molecular weight excluding hydrogens is 544 g/mol. The zero-order valence-electron chi connectivity index (χ0n) is 21.7. The molecule has 1 atom stereocenters. The summed E-state index contributed by atoms with van der Waals surface area (Å²) in [7, 11) is 0. The first kappa shape index (κ1) is 24.9. The Kier molecular flexibility index (Phi) is 6.38. The van der Waals surface area contributed by atoms with Gasteiger partial charge in [-0.15, -0.1) is 0 Å². The van der Waals surface area contributed by atoms with Crippen molar-refractivity contribution < 1.29 is 14.3 Å². The van der Waals surface area contributed by atoms with E-state index in [2.05, 4.69) is 65.3 Å². The molecule has 1 unspecified atom stereocenters. The smallest absolute Gasteiger partial charge is 0.254 e. The maximum Gasteiger partial charge on any atom is 0.254 e. The number of amides is 2. The van der Waals surface area contributed by atoms with Gasteiger partial charge in [0.05, 0.1) is 34.2 Å². The van der Waals surface area contributed by atoms with E-state index in [1.54, 1.807) is 4.90 Å². The van der Waals surface area contributed by atoms with E-state index in [1.807, 2.05) is 17.0 Å². The number of rotatable bonds is 4. The van der Waals surface area contributed by atoms with Crippen LogP contribution in [0.3, 0.4) is 0 Å². The van der Waals surface area contributed by atoms with E-state index in [0.29, 0.717) is 57.0 Å². The molecule has 0 bridgehead atoms. The van der Waals surface area contributed by atoms with Crippen LogP contribution in [0.2, 0.25) is 0 Å². The number of carbonyl (C=O) groups excluding carboxylic acids is 2. The van der Waals surface area contributed by atoms with Gasteiger partial charge in [-0.3, -0.25) is 9.59 Å². The van der Waals surface area contributed by atoms with Crippen LogP contribution in [0.5, 0.6) is 5.75 Å². The van der Waals surface area contributed by atoms with Crippen molar-refractivity contribution in [1.29, 1.82) is 0 Å². The molecule has 2 amide bonds. The van der Waals surface area contributed by atoms with Crippen molar-refractivity contribution in [3.05, 3.63) is 87.2 Å². The highest BCUT2D eigenvalue weighted by molar-refractivity contribution is 9.10. The molecule has 0 saturated heterocycles. The van der Waals surface area contributed by atoms with E-state index in [0.717, 1.165) is 38.4 Å². The summed E-state index contributed by atoms with van der Waals surface area (Å²) in [6.07, 6.45) is 3.39. The highest BCUT2D eigenvalue weighted by Crippen LogP contribution is 2.40. The zero-order chi connectivity index (χ0) is 26.6. The van der Waals surface area contributed by atoms with Gasteiger partial charge < -0.3 is 14.5 Å². The van der Waals surface area contributed by atoms with E-state index in [1.165, 1.54) is 11.6 Å². The number of hydrogen-bond acceptors (Lipinski definition) is 4. The fourth-order valence-corrected chi connectivity index (χ4v) is 6.48. The van der Waals surface area contributed by atoms with E-state index in [9.17, 15) is 9.59 Å². The molecule has 4 heterocycles. The van der Waals surface area contributed by atoms with Crippen LogP contribution < -0.4 is 4.74 Å². The Morgan fingerprint density at radius 3 is 2.63 bits per heavy atom. The van der Waals surface area contributed by atoms with Crippen LogP contribution in [0.25, 0.3) is 5.69 Å². The molecule has 7 nitrogen and oxygen atoms in total. The number of ether oxygens (including phenoxy) is 1. The van der Waals surface area contributed by atoms with Crippen molar-refractivity contribution >= 4 is 27.7 Å². The molecule has 3 aliphatic rings. The van der Waals surface area contributed by atoms with Crippen LogP contribution in [-0.4, -0.2) is 57.6 Å². The van der Waals surface area contributed by atoms with Gasteiger partial charge in [-0.2, -0.15) is 5.10 Å². The lowest BCUT2D eigenvalue weighted by Crippen LogP contribution is -2.46. The predicted octanol–water partition coefficient (Wildman–Crippen LogP) is 5.00. The minimum Gasteiger partial charge on any atom is -0.492 e. The molecule has 3 aliphatic heterocycles. The highest BCUT2D eigenvalue weighted by Gasteiger charge is 2.41. The van der Waals surface area contributed by atoms with Crippen molar-refractivity contribution in [2.45, 2.75) is 45.1 Å². The third kappa shape index (κ3) is 4.06. The summed E-state index contributed by atoms with van der Waals surface area (Å²) in [4.78, 5) is 30.6. The van der Waals surface area contributed by atoms with E-state index in [4.69, 9.17) is 9.84 Å². The Balaban J connectivity index is 1.43. The molecule has 0 fully saturated rings. The summed E-state index contributed by atoms with van der Waals surface area (Å²) in [5, 5.41) is 5.06. The summed E-state index contributed by atoms with van der Waals surface area (Å²) < 4.78 is 8.73. The molecule has 0 radical (unpaired) electrons. The molecule has 8 heteroatoms. The minimum atomic E-state index is -0.280. The molecule has 2 aromatic carbocycles. The van der Waals surface area contributed by atoms with Gasteiger partial charge in [0.25, 0.3) is 5.91 Å². The van der Waals surface area contributed by atoms with Crippen LogP contribution in [0.4, 0.5) is 0 Å². The van der Waals surface area contributed by atoms with E-state index in [-0.39, 0.29) is 17.9 Å². The Bertz CT molecular complexity index is 1440. The van der Waals surface area contributed by atoms with E-state index < -0.39 is 0 Å². The maximum atomic E-state index is 14.1. The van der Waals surface area contributed by atoms with Crippen LogP contribution in [0.15, 0.2) is 53.5 Å². The molecule has 0 aliphatic carbocycles. The number of hydrogen-bond donors (Lipinski definition) is 0. The third-order valence-corrected chi connectivity index (χ3v) is 8.63. The zero-order valence-corrected chi connectivity index (χ0v) is 23.3. The first-order valence-electron chi connectivity index (χ1n) is 13.2. The number of aromatic nitrogens is 2. The monoisotopic (exact) mass is 574 g/mol. The number of benzene rings is 2. The molecular formula is C30H31BrN4O3. The number of carbonyl (C=O) groups is 2. The van der Waals surface area contributed by atoms with Crippen LogP contribution in [-0.2, 0) is 24.1 Å². The fraction of sp³-hybridized carbons (Fsp3) is 0.367. The Morgan fingerprint density at radius 2 is 1.89 bits per heavy atom. The van der Waals surface area contributed by atoms with Crippen molar-refractivity contribution in [2.24, 2.45) is 0 Å². The summed E-state index contributed by atoms with van der Waals surface area (Å²) in [6.45, 7) is 10.2. The average molecular weight is 576 g/mol. The molecule has 1 aromatic heterocycles. The van der Waals surface area contributed by atoms with Crippen LogP contribution >= 0.6 is 15.9 Å². The molecule has 3 aromatic rings. The quantitative estimate of drug-likeness (QED) is 0.411. The van der Waals surface area contributed by atoms with Crippen molar-refractivity contribution in [3.63, 3.8) is 0 Å². The summed E-state index contributed by atoms with van der Waals surface area (Å²) in [6, 6.07) is 12.1. The molecule has 0 saturated carbocycles. The molecule has 38 heavy (non-hydrogen) atoms. The largest absolute Gasteiger partial charge is 0.492 e. The normalized spacial score (nSPS) is 18.1. The first-order valence-corrected chi connectivity index (χ1v) is 14.0. The molecule has 0 spiro atoms. The second-order valence-corrected chi connectivity index (χ2v) is 11.3. The lowest BCUT2D eigenvalue weighted by atomic mass is 9.93. The lowest BCUT2D eigenvalue weighted by Gasteiger charge is -2.38. The fourth-order valence-electron chi connectivity index (χ4n) is 5.99.